The molecule has 0 aliphatic heterocycles. The molecule has 27 heavy (non-hydrogen) atoms. The second-order valence-corrected chi connectivity index (χ2v) is 7.61. The molecule has 3 heteroatoms. The minimum atomic E-state index is 0.872. The Morgan fingerprint density at radius 2 is 1.30 bits per heavy atom. The summed E-state index contributed by atoms with van der Waals surface area (Å²) in [7, 11) is 5.86. The van der Waals surface area contributed by atoms with Crippen molar-refractivity contribution in [3.05, 3.63) is 94.5 Å². The van der Waals surface area contributed by atoms with Crippen LogP contribution in [0.15, 0.2) is 83.3 Å². The molecular formula is C24H24BrNO. The maximum Gasteiger partial charge on any atom is 0.118 e. The lowest BCUT2D eigenvalue weighted by Crippen LogP contribution is -2.11. The van der Waals surface area contributed by atoms with Crippen molar-refractivity contribution >= 4 is 21.5 Å². The largest absolute Gasteiger partial charge is 0.497 e. The first-order chi connectivity index (χ1) is 13.1. The van der Waals surface area contributed by atoms with Gasteiger partial charge in [0.05, 0.1) is 7.11 Å². The summed E-state index contributed by atoms with van der Waals surface area (Å²) >= 11 is 3.49. The van der Waals surface area contributed by atoms with Gasteiger partial charge in [0.25, 0.3) is 0 Å². The van der Waals surface area contributed by atoms with E-state index < -0.39 is 0 Å². The van der Waals surface area contributed by atoms with Crippen LogP contribution < -0.4 is 4.74 Å². The Bertz CT molecular complexity index is 895. The smallest absolute Gasteiger partial charge is 0.118 e. The second kappa shape index (κ2) is 9.03. The van der Waals surface area contributed by atoms with Crippen molar-refractivity contribution < 1.29 is 4.74 Å². The fourth-order valence-electron chi connectivity index (χ4n) is 2.93. The lowest BCUT2D eigenvalue weighted by Gasteiger charge is -2.13. The van der Waals surface area contributed by atoms with Crippen LogP contribution in [0.3, 0.4) is 0 Å². The van der Waals surface area contributed by atoms with Gasteiger partial charge in [-0.05, 0) is 66.2 Å². The summed E-state index contributed by atoms with van der Waals surface area (Å²) < 4.78 is 6.39. The monoisotopic (exact) mass is 421 g/mol. The number of likely N-dealkylation sites (N-methyl/N-ethyl adjacent to an activating group) is 1. The molecule has 0 heterocycles. The maximum absolute atomic E-state index is 5.29. The molecule has 0 aliphatic rings. The Morgan fingerprint density at radius 3 is 1.78 bits per heavy atom. The summed E-state index contributed by atoms with van der Waals surface area (Å²) in [5.74, 6) is 0.872. The number of halogens is 1. The molecule has 138 valence electrons. The van der Waals surface area contributed by atoms with Gasteiger partial charge in [-0.2, -0.15) is 0 Å². The van der Waals surface area contributed by atoms with Crippen molar-refractivity contribution in [1.82, 2.24) is 4.90 Å². The fourth-order valence-corrected chi connectivity index (χ4v) is 3.20. The Kier molecular flexibility index (Phi) is 6.49. The lowest BCUT2D eigenvalue weighted by atomic mass is 9.95. The highest BCUT2D eigenvalue weighted by Gasteiger charge is 2.07. The average Bonchev–Trinajstić information content (AvgIpc) is 2.69. The molecular weight excluding hydrogens is 398 g/mol. The Hall–Kier alpha value is -2.36. The zero-order chi connectivity index (χ0) is 19.2. The Balaban J connectivity index is 1.94. The van der Waals surface area contributed by atoms with Crippen molar-refractivity contribution in [3.63, 3.8) is 0 Å². The number of ether oxygens (including phenoxy) is 1. The molecule has 0 saturated heterocycles. The van der Waals surface area contributed by atoms with Crippen LogP contribution in [-0.4, -0.2) is 32.6 Å². The third kappa shape index (κ3) is 5.09. The van der Waals surface area contributed by atoms with Gasteiger partial charge in [0.2, 0.25) is 0 Å². The highest BCUT2D eigenvalue weighted by Crippen LogP contribution is 2.28. The summed E-state index contributed by atoms with van der Waals surface area (Å²) in [6.45, 7) is 0.885. The highest BCUT2D eigenvalue weighted by molar-refractivity contribution is 9.10. The predicted molar refractivity (Wildman–Crippen MR) is 118 cm³/mol. The fraction of sp³-hybridized carbons (Fsp3) is 0.167. The van der Waals surface area contributed by atoms with E-state index in [0.29, 0.717) is 0 Å². The van der Waals surface area contributed by atoms with Gasteiger partial charge in [0.1, 0.15) is 5.75 Å². The van der Waals surface area contributed by atoms with Gasteiger partial charge in [0.15, 0.2) is 0 Å². The first-order valence-electron chi connectivity index (χ1n) is 8.92. The van der Waals surface area contributed by atoms with E-state index in [0.717, 1.165) is 16.8 Å². The van der Waals surface area contributed by atoms with E-state index in [4.69, 9.17) is 4.74 Å². The highest BCUT2D eigenvalue weighted by atomic mass is 79.9. The number of methoxy groups -OCH3 is 1. The third-order valence-electron chi connectivity index (χ3n) is 4.44. The van der Waals surface area contributed by atoms with E-state index >= 15 is 0 Å². The normalized spacial score (nSPS) is 11.7. The molecule has 0 atom stereocenters. The number of rotatable bonds is 6. The van der Waals surface area contributed by atoms with E-state index in [9.17, 15) is 0 Å². The van der Waals surface area contributed by atoms with Crippen LogP contribution in [0.25, 0.3) is 16.7 Å². The topological polar surface area (TPSA) is 12.5 Å². The SMILES string of the molecule is COc1ccc(/C(=C/CN(C)C)c2ccc(-c3ccc(Br)cc3)cc2)cc1. The number of hydrogen-bond acceptors (Lipinski definition) is 2. The van der Waals surface area contributed by atoms with Crippen LogP contribution in [0.1, 0.15) is 11.1 Å². The molecule has 3 rings (SSSR count). The number of nitrogens with zero attached hydrogens (tertiary/aromatic N) is 1. The minimum absolute atomic E-state index is 0.872. The molecule has 2 nitrogen and oxygen atoms in total. The minimum Gasteiger partial charge on any atom is -0.497 e. The molecule has 3 aromatic rings. The van der Waals surface area contributed by atoms with Crippen molar-refractivity contribution in [2.75, 3.05) is 27.7 Å². The van der Waals surface area contributed by atoms with Gasteiger partial charge in [-0.1, -0.05) is 70.5 Å². The maximum atomic E-state index is 5.29. The molecule has 0 saturated carbocycles. The summed E-state index contributed by atoms with van der Waals surface area (Å²) in [5, 5.41) is 0. The van der Waals surface area contributed by atoms with E-state index in [1.54, 1.807) is 7.11 Å². The summed E-state index contributed by atoms with van der Waals surface area (Å²) in [6, 6.07) is 25.4. The molecule has 0 unspecified atom stereocenters. The van der Waals surface area contributed by atoms with Crippen molar-refractivity contribution in [2.45, 2.75) is 0 Å². The molecule has 0 N–H and O–H groups in total. The molecule has 0 aromatic heterocycles. The summed E-state index contributed by atoms with van der Waals surface area (Å²) in [6.07, 6.45) is 2.27. The lowest BCUT2D eigenvalue weighted by molar-refractivity contribution is 0.415. The molecule has 3 aromatic carbocycles. The first kappa shape index (κ1) is 19.4. The van der Waals surface area contributed by atoms with Gasteiger partial charge >= 0.3 is 0 Å². The van der Waals surface area contributed by atoms with Gasteiger partial charge < -0.3 is 9.64 Å². The van der Waals surface area contributed by atoms with Crippen molar-refractivity contribution in [1.29, 1.82) is 0 Å². The molecule has 0 bridgehead atoms. The van der Waals surface area contributed by atoms with Gasteiger partial charge in [-0.3, -0.25) is 0 Å². The van der Waals surface area contributed by atoms with Crippen LogP contribution in [0.4, 0.5) is 0 Å². The van der Waals surface area contributed by atoms with Crippen LogP contribution in [0.5, 0.6) is 5.75 Å². The van der Waals surface area contributed by atoms with Gasteiger partial charge in [-0.15, -0.1) is 0 Å². The molecule has 0 radical (unpaired) electrons. The number of hydrogen-bond donors (Lipinski definition) is 0. The van der Waals surface area contributed by atoms with Crippen LogP contribution in [-0.2, 0) is 0 Å². The quantitative estimate of drug-likeness (QED) is 0.475. The summed E-state index contributed by atoms with van der Waals surface area (Å²) in [5.41, 5.74) is 6.06. The molecule has 0 amide bonds. The van der Waals surface area contributed by atoms with Crippen LogP contribution in [0.2, 0.25) is 0 Å². The van der Waals surface area contributed by atoms with E-state index in [1.165, 1.54) is 27.8 Å². The average molecular weight is 422 g/mol. The number of benzene rings is 3. The molecule has 0 fully saturated rings. The molecule has 0 aliphatic carbocycles. The van der Waals surface area contributed by atoms with Crippen molar-refractivity contribution in [3.8, 4) is 16.9 Å². The second-order valence-electron chi connectivity index (χ2n) is 6.69. The molecule has 0 spiro atoms. The summed E-state index contributed by atoms with van der Waals surface area (Å²) in [4.78, 5) is 2.17. The first-order valence-corrected chi connectivity index (χ1v) is 9.72. The Morgan fingerprint density at radius 1 is 0.815 bits per heavy atom. The zero-order valence-corrected chi connectivity index (χ0v) is 17.5. The van der Waals surface area contributed by atoms with E-state index in [1.807, 2.05) is 12.1 Å². The van der Waals surface area contributed by atoms with E-state index in [-0.39, 0.29) is 0 Å². The van der Waals surface area contributed by atoms with Crippen LogP contribution in [0, 0.1) is 0 Å². The van der Waals surface area contributed by atoms with Crippen LogP contribution >= 0.6 is 15.9 Å². The van der Waals surface area contributed by atoms with Gasteiger partial charge in [-0.25, -0.2) is 0 Å². The Labute approximate surface area is 170 Å². The predicted octanol–water partition coefficient (Wildman–Crippen LogP) is 6.12. The third-order valence-corrected chi connectivity index (χ3v) is 4.96. The standard InChI is InChI=1S/C24H24BrNO/c1-26(2)17-16-24(21-10-14-23(27-3)15-11-21)20-6-4-18(5-7-20)19-8-12-22(25)13-9-19/h4-16H,17H2,1-3H3/b24-16+. The zero-order valence-electron chi connectivity index (χ0n) is 15.9. The van der Waals surface area contributed by atoms with Crippen molar-refractivity contribution in [2.24, 2.45) is 0 Å². The van der Waals surface area contributed by atoms with E-state index in [2.05, 4.69) is 102 Å². The van der Waals surface area contributed by atoms with Gasteiger partial charge in [0, 0.05) is 11.0 Å².